The summed E-state index contributed by atoms with van der Waals surface area (Å²) in [5.74, 6) is 0.838. The smallest absolute Gasteiger partial charge is 0.0223 e. The zero-order valence-corrected chi connectivity index (χ0v) is 9.51. The summed E-state index contributed by atoms with van der Waals surface area (Å²) in [4.78, 5) is 2.53. The van der Waals surface area contributed by atoms with Crippen molar-refractivity contribution in [3.05, 3.63) is 0 Å². The van der Waals surface area contributed by atoms with Crippen LogP contribution in [0, 0.1) is 5.92 Å². The molecule has 1 heterocycles. The third-order valence-corrected chi connectivity index (χ3v) is 3.41. The number of nitrogens with one attached hydrogen (secondary N) is 1. The first-order valence-corrected chi connectivity index (χ1v) is 5.57. The first kappa shape index (κ1) is 11.0. The zero-order valence-electron chi connectivity index (χ0n) is 9.51. The lowest BCUT2D eigenvalue weighted by Crippen LogP contribution is -2.49. The van der Waals surface area contributed by atoms with Gasteiger partial charge < -0.3 is 5.32 Å². The Kier molecular flexibility index (Phi) is 4.20. The highest BCUT2D eigenvalue weighted by Gasteiger charge is 2.23. The molecule has 0 aromatic rings. The van der Waals surface area contributed by atoms with Crippen LogP contribution in [0.5, 0.6) is 0 Å². The molecule has 78 valence electrons. The number of piperidine rings is 1. The van der Waals surface area contributed by atoms with Crippen LogP contribution in [0.1, 0.15) is 33.6 Å². The van der Waals surface area contributed by atoms with Gasteiger partial charge >= 0.3 is 0 Å². The molecule has 0 aromatic carbocycles. The van der Waals surface area contributed by atoms with E-state index in [2.05, 4.69) is 38.0 Å². The van der Waals surface area contributed by atoms with Gasteiger partial charge in [0.15, 0.2) is 0 Å². The first-order valence-electron chi connectivity index (χ1n) is 5.57. The van der Waals surface area contributed by atoms with Gasteiger partial charge in [0.1, 0.15) is 0 Å². The minimum Gasteiger partial charge on any atom is -0.315 e. The van der Waals surface area contributed by atoms with Crippen LogP contribution in [-0.4, -0.2) is 37.1 Å². The van der Waals surface area contributed by atoms with E-state index in [1.807, 2.05) is 0 Å². The van der Waals surface area contributed by atoms with Gasteiger partial charge in [0.2, 0.25) is 0 Å². The second-order valence-electron chi connectivity index (χ2n) is 4.58. The number of hydrogen-bond donors (Lipinski definition) is 1. The lowest BCUT2D eigenvalue weighted by Gasteiger charge is -2.37. The summed E-state index contributed by atoms with van der Waals surface area (Å²) in [6.45, 7) is 9.29. The van der Waals surface area contributed by atoms with Gasteiger partial charge in [-0.15, -0.1) is 0 Å². The molecule has 0 saturated carbocycles. The van der Waals surface area contributed by atoms with E-state index in [4.69, 9.17) is 0 Å². The molecule has 2 heteroatoms. The van der Waals surface area contributed by atoms with Gasteiger partial charge in [0.25, 0.3) is 0 Å². The lowest BCUT2D eigenvalue weighted by atomic mass is 9.96. The monoisotopic (exact) mass is 184 g/mol. The van der Waals surface area contributed by atoms with Crippen LogP contribution in [0.25, 0.3) is 0 Å². The van der Waals surface area contributed by atoms with E-state index < -0.39 is 0 Å². The third-order valence-electron chi connectivity index (χ3n) is 3.41. The lowest BCUT2D eigenvalue weighted by molar-refractivity contribution is 0.134. The predicted octanol–water partition coefficient (Wildman–Crippen LogP) is 1.71. The quantitative estimate of drug-likeness (QED) is 0.718. The van der Waals surface area contributed by atoms with Gasteiger partial charge in [0, 0.05) is 18.6 Å². The van der Waals surface area contributed by atoms with Gasteiger partial charge in [-0.2, -0.15) is 0 Å². The van der Waals surface area contributed by atoms with E-state index in [9.17, 15) is 0 Å². The summed E-state index contributed by atoms with van der Waals surface area (Å²) >= 11 is 0. The Hall–Kier alpha value is -0.0800. The summed E-state index contributed by atoms with van der Waals surface area (Å²) in [6.07, 6.45) is 2.61. The minimum absolute atomic E-state index is 0.720. The van der Waals surface area contributed by atoms with Crippen LogP contribution in [-0.2, 0) is 0 Å². The predicted molar refractivity (Wildman–Crippen MR) is 58.0 cm³/mol. The molecular weight excluding hydrogens is 160 g/mol. The summed E-state index contributed by atoms with van der Waals surface area (Å²) in [6, 6.07) is 1.47. The Labute approximate surface area is 82.7 Å². The topological polar surface area (TPSA) is 15.3 Å². The molecule has 1 N–H and O–H groups in total. The van der Waals surface area contributed by atoms with E-state index in [1.54, 1.807) is 0 Å². The minimum atomic E-state index is 0.720. The maximum absolute atomic E-state index is 3.50. The molecule has 3 unspecified atom stereocenters. The van der Waals surface area contributed by atoms with Crippen LogP contribution in [0.3, 0.4) is 0 Å². The average molecular weight is 184 g/mol. The van der Waals surface area contributed by atoms with Crippen molar-refractivity contribution in [3.63, 3.8) is 0 Å². The molecule has 0 radical (unpaired) electrons. The first-order chi connectivity index (χ1) is 6.15. The fourth-order valence-corrected chi connectivity index (χ4v) is 2.09. The van der Waals surface area contributed by atoms with Gasteiger partial charge in [-0.25, -0.2) is 0 Å². The maximum Gasteiger partial charge on any atom is 0.0223 e. The molecule has 0 spiro atoms. The second kappa shape index (κ2) is 4.97. The van der Waals surface area contributed by atoms with Crippen LogP contribution in [0.4, 0.5) is 0 Å². The van der Waals surface area contributed by atoms with Crippen molar-refractivity contribution >= 4 is 0 Å². The standard InChI is InChI=1S/C11H24N2/c1-5-10(3)13(4)11-6-9(2)7-12-8-11/h9-12H,5-8H2,1-4H3. The number of rotatable bonds is 3. The van der Waals surface area contributed by atoms with Crippen molar-refractivity contribution in [1.82, 2.24) is 10.2 Å². The van der Waals surface area contributed by atoms with E-state index in [1.165, 1.54) is 25.9 Å². The van der Waals surface area contributed by atoms with Gasteiger partial charge in [-0.3, -0.25) is 4.90 Å². The number of likely N-dealkylation sites (N-methyl/N-ethyl adjacent to an activating group) is 1. The van der Waals surface area contributed by atoms with Crippen LogP contribution in [0.15, 0.2) is 0 Å². The molecule has 1 aliphatic rings. The maximum atomic E-state index is 3.50. The molecule has 13 heavy (non-hydrogen) atoms. The van der Waals surface area contributed by atoms with Crippen molar-refractivity contribution < 1.29 is 0 Å². The molecular formula is C11H24N2. The zero-order chi connectivity index (χ0) is 9.84. The molecule has 1 saturated heterocycles. The molecule has 0 aromatic heterocycles. The molecule has 0 aliphatic carbocycles. The molecule has 0 bridgehead atoms. The SMILES string of the molecule is CCC(C)N(C)C1CNCC(C)C1. The Bertz CT molecular complexity index is 147. The Morgan fingerprint density at radius 2 is 2.15 bits per heavy atom. The molecule has 2 nitrogen and oxygen atoms in total. The molecule has 1 fully saturated rings. The van der Waals surface area contributed by atoms with Crippen LogP contribution < -0.4 is 5.32 Å². The van der Waals surface area contributed by atoms with Crippen molar-refractivity contribution in [2.75, 3.05) is 20.1 Å². The highest BCUT2D eigenvalue weighted by molar-refractivity contribution is 4.81. The Morgan fingerprint density at radius 1 is 1.46 bits per heavy atom. The largest absolute Gasteiger partial charge is 0.315 e. The van der Waals surface area contributed by atoms with Crippen molar-refractivity contribution in [2.24, 2.45) is 5.92 Å². The molecule has 1 aliphatic heterocycles. The second-order valence-corrected chi connectivity index (χ2v) is 4.58. The normalized spacial score (nSPS) is 32.1. The van der Waals surface area contributed by atoms with Gasteiger partial charge in [-0.05, 0) is 39.3 Å². The number of nitrogens with zero attached hydrogens (tertiary/aromatic N) is 1. The van der Waals surface area contributed by atoms with Gasteiger partial charge in [0.05, 0.1) is 0 Å². The molecule has 0 amide bonds. The van der Waals surface area contributed by atoms with Crippen molar-refractivity contribution in [1.29, 1.82) is 0 Å². The van der Waals surface area contributed by atoms with Crippen molar-refractivity contribution in [2.45, 2.75) is 45.7 Å². The highest BCUT2D eigenvalue weighted by Crippen LogP contribution is 2.16. The summed E-state index contributed by atoms with van der Waals surface area (Å²) in [7, 11) is 2.26. The van der Waals surface area contributed by atoms with E-state index >= 15 is 0 Å². The Balaban J connectivity index is 2.41. The molecule has 3 atom stereocenters. The van der Waals surface area contributed by atoms with Crippen LogP contribution in [0.2, 0.25) is 0 Å². The Morgan fingerprint density at radius 3 is 2.69 bits per heavy atom. The fraction of sp³-hybridized carbons (Fsp3) is 1.00. The highest BCUT2D eigenvalue weighted by atomic mass is 15.2. The fourth-order valence-electron chi connectivity index (χ4n) is 2.09. The van der Waals surface area contributed by atoms with E-state index in [0.717, 1.165) is 18.0 Å². The van der Waals surface area contributed by atoms with Crippen molar-refractivity contribution in [3.8, 4) is 0 Å². The van der Waals surface area contributed by atoms with E-state index in [0.29, 0.717) is 0 Å². The summed E-state index contributed by atoms with van der Waals surface area (Å²) < 4.78 is 0. The molecule has 1 rings (SSSR count). The average Bonchev–Trinajstić information content (AvgIpc) is 2.15. The summed E-state index contributed by atoms with van der Waals surface area (Å²) in [5.41, 5.74) is 0. The number of hydrogen-bond acceptors (Lipinski definition) is 2. The summed E-state index contributed by atoms with van der Waals surface area (Å²) in [5, 5.41) is 3.50. The van der Waals surface area contributed by atoms with Gasteiger partial charge in [-0.1, -0.05) is 13.8 Å². The third kappa shape index (κ3) is 2.96. The van der Waals surface area contributed by atoms with Crippen LogP contribution >= 0.6 is 0 Å². The van der Waals surface area contributed by atoms with E-state index in [-0.39, 0.29) is 0 Å².